The van der Waals surface area contributed by atoms with Crippen molar-refractivity contribution in [2.75, 3.05) is 34.3 Å². The maximum absolute atomic E-state index is 11.1. The predicted molar refractivity (Wildman–Crippen MR) is 87.8 cm³/mol. The molecule has 0 saturated heterocycles. The zero-order valence-electron chi connectivity index (χ0n) is 14.8. The van der Waals surface area contributed by atoms with E-state index in [-0.39, 0.29) is 5.97 Å². The van der Waals surface area contributed by atoms with Gasteiger partial charge in [-0.2, -0.15) is 0 Å². The second kappa shape index (κ2) is 14.8. The molecule has 0 aliphatic heterocycles. The van der Waals surface area contributed by atoms with Crippen LogP contribution >= 0.6 is 0 Å². The van der Waals surface area contributed by atoms with Gasteiger partial charge in [-0.3, -0.25) is 4.79 Å². The lowest BCUT2D eigenvalue weighted by Gasteiger charge is -2.23. The molecule has 3 nitrogen and oxygen atoms in total. The Balaban J connectivity index is 0. The second-order valence-corrected chi connectivity index (χ2v) is 6.04. The van der Waals surface area contributed by atoms with Gasteiger partial charge in [0, 0.05) is 6.42 Å². The molecule has 0 bridgehead atoms. The van der Waals surface area contributed by atoms with Crippen LogP contribution in [0.1, 0.15) is 72.1 Å². The van der Waals surface area contributed by atoms with Crippen molar-refractivity contribution in [3.05, 3.63) is 0 Å². The van der Waals surface area contributed by atoms with Crippen molar-refractivity contribution in [2.24, 2.45) is 0 Å². The highest BCUT2D eigenvalue weighted by Gasteiger charge is 2.05. The first kappa shape index (κ1) is 21.7. The fourth-order valence-corrected chi connectivity index (χ4v) is 1.97. The number of hydrogen-bond donors (Lipinski definition) is 0. The Morgan fingerprint density at radius 3 is 1.75 bits per heavy atom. The third-order valence-corrected chi connectivity index (χ3v) is 3.02. The molecule has 0 unspecified atom stereocenters. The summed E-state index contributed by atoms with van der Waals surface area (Å²) in [5.74, 6) is -0.0413. The van der Waals surface area contributed by atoms with Crippen molar-refractivity contribution in [1.82, 2.24) is 0 Å². The predicted octanol–water partition coefficient (Wildman–Crippen LogP) is 4.40. The van der Waals surface area contributed by atoms with Gasteiger partial charge in [0.05, 0.1) is 34.3 Å². The lowest BCUT2D eigenvalue weighted by atomic mass is 10.1. The van der Waals surface area contributed by atoms with Crippen LogP contribution in [0, 0.1) is 0 Å². The number of esters is 1. The molecule has 0 aromatic carbocycles. The summed E-state index contributed by atoms with van der Waals surface area (Å²) in [7, 11) is 6.74. The Bertz CT molecular complexity index is 210. The standard InChI is InChI=1S/C15H32NO2.C2H6/c1-5-18-15(17)13-11-9-7-6-8-10-12-14-16(2,3)4;1-2/h5-14H2,1-4H3;1-2H3/q+1;. The Labute approximate surface area is 127 Å². The fraction of sp³-hybridized carbons (Fsp3) is 0.941. The van der Waals surface area contributed by atoms with Gasteiger partial charge in [0.15, 0.2) is 0 Å². The van der Waals surface area contributed by atoms with Gasteiger partial charge in [-0.05, 0) is 26.2 Å². The van der Waals surface area contributed by atoms with E-state index in [9.17, 15) is 4.79 Å². The van der Waals surface area contributed by atoms with Crippen molar-refractivity contribution in [2.45, 2.75) is 72.1 Å². The highest BCUT2D eigenvalue weighted by molar-refractivity contribution is 5.69. The Kier molecular flexibility index (Phi) is 16.1. The molecule has 0 aromatic rings. The lowest BCUT2D eigenvalue weighted by Crippen LogP contribution is -2.35. The summed E-state index contributed by atoms with van der Waals surface area (Å²) in [5.41, 5.74) is 0. The van der Waals surface area contributed by atoms with Crippen LogP contribution in [-0.4, -0.2) is 44.7 Å². The van der Waals surface area contributed by atoms with Crippen LogP contribution in [0.4, 0.5) is 0 Å². The maximum atomic E-state index is 11.1. The van der Waals surface area contributed by atoms with E-state index >= 15 is 0 Å². The van der Waals surface area contributed by atoms with Gasteiger partial charge in [0.2, 0.25) is 0 Å². The first-order valence-electron chi connectivity index (χ1n) is 8.42. The average Bonchev–Trinajstić information content (AvgIpc) is 2.38. The molecular formula is C17H38NO2+. The number of nitrogens with zero attached hydrogens (tertiary/aromatic N) is 1. The zero-order chi connectivity index (χ0) is 15.9. The first-order chi connectivity index (χ1) is 9.45. The SMILES string of the molecule is CC.CCOC(=O)CCCCCCCCC[N+](C)(C)C. The molecule has 3 heteroatoms. The van der Waals surface area contributed by atoms with Crippen LogP contribution in [0.3, 0.4) is 0 Å². The average molecular weight is 288 g/mol. The quantitative estimate of drug-likeness (QED) is 0.320. The molecule has 20 heavy (non-hydrogen) atoms. The van der Waals surface area contributed by atoms with E-state index in [0.29, 0.717) is 13.0 Å². The molecule has 0 aromatic heterocycles. The molecule has 0 spiro atoms. The maximum Gasteiger partial charge on any atom is 0.305 e. The van der Waals surface area contributed by atoms with Gasteiger partial charge in [-0.25, -0.2) is 0 Å². The van der Waals surface area contributed by atoms with Crippen molar-refractivity contribution < 1.29 is 14.0 Å². The molecule has 0 atom stereocenters. The topological polar surface area (TPSA) is 26.3 Å². The summed E-state index contributed by atoms with van der Waals surface area (Å²) in [6, 6.07) is 0. The second-order valence-electron chi connectivity index (χ2n) is 6.04. The number of ether oxygens (including phenoxy) is 1. The number of rotatable bonds is 11. The van der Waals surface area contributed by atoms with Gasteiger partial charge < -0.3 is 9.22 Å². The molecule has 0 saturated carbocycles. The number of hydrogen-bond acceptors (Lipinski definition) is 2. The minimum Gasteiger partial charge on any atom is -0.466 e. The summed E-state index contributed by atoms with van der Waals surface area (Å²) in [6.45, 7) is 7.63. The summed E-state index contributed by atoms with van der Waals surface area (Å²) in [4.78, 5) is 11.1. The zero-order valence-corrected chi connectivity index (χ0v) is 14.8. The van der Waals surface area contributed by atoms with Crippen LogP contribution in [0.5, 0.6) is 0 Å². The van der Waals surface area contributed by atoms with Crippen LogP contribution in [0.15, 0.2) is 0 Å². The molecule has 0 rings (SSSR count). The van der Waals surface area contributed by atoms with Crippen LogP contribution in [-0.2, 0) is 9.53 Å². The molecule has 0 radical (unpaired) electrons. The van der Waals surface area contributed by atoms with Crippen molar-refractivity contribution in [1.29, 1.82) is 0 Å². The summed E-state index contributed by atoms with van der Waals surface area (Å²) in [5, 5.41) is 0. The minimum atomic E-state index is -0.0413. The van der Waals surface area contributed by atoms with Crippen molar-refractivity contribution >= 4 is 5.97 Å². The largest absolute Gasteiger partial charge is 0.466 e. The van der Waals surface area contributed by atoms with Gasteiger partial charge in [-0.1, -0.05) is 39.5 Å². The third-order valence-electron chi connectivity index (χ3n) is 3.02. The Hall–Kier alpha value is -0.570. The number of quaternary nitrogens is 1. The highest BCUT2D eigenvalue weighted by Crippen LogP contribution is 2.09. The van der Waals surface area contributed by atoms with E-state index in [0.717, 1.165) is 17.3 Å². The summed E-state index contributed by atoms with van der Waals surface area (Å²) < 4.78 is 5.96. The van der Waals surface area contributed by atoms with Gasteiger partial charge in [0.25, 0.3) is 0 Å². The molecule has 0 fully saturated rings. The third kappa shape index (κ3) is 19.8. The Morgan fingerprint density at radius 1 is 0.850 bits per heavy atom. The van der Waals surface area contributed by atoms with Gasteiger partial charge in [-0.15, -0.1) is 0 Å². The van der Waals surface area contributed by atoms with Crippen molar-refractivity contribution in [3.8, 4) is 0 Å². The van der Waals surface area contributed by atoms with Crippen molar-refractivity contribution in [3.63, 3.8) is 0 Å². The lowest BCUT2D eigenvalue weighted by molar-refractivity contribution is -0.870. The Morgan fingerprint density at radius 2 is 1.30 bits per heavy atom. The molecule has 0 N–H and O–H groups in total. The molecule has 0 amide bonds. The summed E-state index contributed by atoms with van der Waals surface area (Å²) in [6.07, 6.45) is 9.30. The minimum absolute atomic E-state index is 0.0413. The van der Waals surface area contributed by atoms with E-state index in [1.165, 1.54) is 38.6 Å². The van der Waals surface area contributed by atoms with E-state index in [1.54, 1.807) is 0 Å². The number of carbonyl (C=O) groups excluding carboxylic acids is 1. The molecule has 122 valence electrons. The van der Waals surface area contributed by atoms with Gasteiger partial charge >= 0.3 is 5.97 Å². The fourth-order valence-electron chi connectivity index (χ4n) is 1.97. The van der Waals surface area contributed by atoms with Crippen LogP contribution in [0.2, 0.25) is 0 Å². The van der Waals surface area contributed by atoms with E-state index in [4.69, 9.17) is 4.74 Å². The number of unbranched alkanes of at least 4 members (excludes halogenated alkanes) is 6. The van der Waals surface area contributed by atoms with E-state index in [2.05, 4.69) is 21.1 Å². The van der Waals surface area contributed by atoms with Gasteiger partial charge in [0.1, 0.15) is 0 Å². The molecular weight excluding hydrogens is 250 g/mol. The highest BCUT2D eigenvalue weighted by atomic mass is 16.5. The van der Waals surface area contributed by atoms with Crippen LogP contribution in [0.25, 0.3) is 0 Å². The van der Waals surface area contributed by atoms with Crippen LogP contribution < -0.4 is 0 Å². The van der Waals surface area contributed by atoms with E-state index < -0.39 is 0 Å². The molecule has 0 aliphatic rings. The monoisotopic (exact) mass is 288 g/mol. The smallest absolute Gasteiger partial charge is 0.305 e. The summed E-state index contributed by atoms with van der Waals surface area (Å²) >= 11 is 0. The molecule has 0 heterocycles. The number of carbonyl (C=O) groups is 1. The molecule has 0 aliphatic carbocycles. The normalized spacial score (nSPS) is 10.7. The van der Waals surface area contributed by atoms with E-state index in [1.807, 2.05) is 20.8 Å². The first-order valence-corrected chi connectivity index (χ1v) is 8.42.